The van der Waals surface area contributed by atoms with Gasteiger partial charge in [-0.3, -0.25) is 0 Å². The number of anilines is 1. The number of furan rings is 1. The first kappa shape index (κ1) is 16.2. The topological polar surface area (TPSA) is 74.5 Å². The minimum Gasteiger partial charge on any atom is -0.466 e. The fraction of sp³-hybridized carbons (Fsp3) is 0.118. The lowest BCUT2D eigenvalue weighted by molar-refractivity contribution is 0.0628. The van der Waals surface area contributed by atoms with Crippen LogP contribution in [0.3, 0.4) is 0 Å². The number of carbonyl (C=O) groups is 1. The molecular weight excluding hydrogens is 331 g/mol. The second-order valence-corrected chi connectivity index (χ2v) is 6.08. The molecule has 0 unspecified atom stereocenters. The Kier molecular flexibility index (Phi) is 4.64. The first-order valence-corrected chi connectivity index (χ1v) is 8.07. The highest BCUT2D eigenvalue weighted by Crippen LogP contribution is 2.32. The van der Waals surface area contributed by atoms with Gasteiger partial charge in [-0.25, -0.2) is 9.18 Å². The fourth-order valence-corrected chi connectivity index (χ4v) is 3.07. The van der Waals surface area contributed by atoms with Gasteiger partial charge in [0, 0.05) is 10.6 Å². The van der Waals surface area contributed by atoms with Crippen LogP contribution in [0, 0.1) is 5.82 Å². The standard InChI is InChI=1S/C17H15FN2O3S/c18-12-5-7-13(8-6-12)20-16(21)19-11-17(22,14-3-1-9-23-14)15-4-2-10-24-15/h1-10,22H,11H2,(H2,19,20,21)/t17-/m0/s1. The van der Waals surface area contributed by atoms with Crippen LogP contribution in [0.15, 0.2) is 64.6 Å². The van der Waals surface area contributed by atoms with E-state index >= 15 is 0 Å². The van der Waals surface area contributed by atoms with E-state index in [9.17, 15) is 14.3 Å². The highest BCUT2D eigenvalue weighted by molar-refractivity contribution is 7.10. The molecule has 0 fully saturated rings. The maximum Gasteiger partial charge on any atom is 0.319 e. The minimum absolute atomic E-state index is 0.0753. The number of carbonyl (C=O) groups excluding carboxylic acids is 1. The summed E-state index contributed by atoms with van der Waals surface area (Å²) in [6.07, 6.45) is 1.46. The van der Waals surface area contributed by atoms with Gasteiger partial charge in [-0.2, -0.15) is 0 Å². The SMILES string of the molecule is O=C(NC[C@](O)(c1ccco1)c1cccs1)Nc1ccc(F)cc1. The third kappa shape index (κ3) is 3.47. The molecule has 2 amide bonds. The lowest BCUT2D eigenvalue weighted by Gasteiger charge is -2.25. The van der Waals surface area contributed by atoms with Gasteiger partial charge in [-0.1, -0.05) is 6.07 Å². The third-order valence-electron chi connectivity index (χ3n) is 3.46. The molecule has 2 heterocycles. The van der Waals surface area contributed by atoms with Crippen LogP contribution >= 0.6 is 11.3 Å². The number of halogens is 1. The first-order chi connectivity index (χ1) is 11.6. The Morgan fingerprint density at radius 3 is 2.62 bits per heavy atom. The third-order valence-corrected chi connectivity index (χ3v) is 4.49. The number of nitrogens with one attached hydrogen (secondary N) is 2. The number of aliphatic hydroxyl groups is 1. The summed E-state index contributed by atoms with van der Waals surface area (Å²) in [5.74, 6) is -0.0436. The predicted molar refractivity (Wildman–Crippen MR) is 89.4 cm³/mol. The normalized spacial score (nSPS) is 13.2. The second-order valence-electron chi connectivity index (χ2n) is 5.13. The zero-order valence-corrected chi connectivity index (χ0v) is 13.3. The second kappa shape index (κ2) is 6.86. The molecule has 0 aliphatic heterocycles. The van der Waals surface area contributed by atoms with Gasteiger partial charge in [0.1, 0.15) is 11.6 Å². The van der Waals surface area contributed by atoms with Crippen LogP contribution in [-0.2, 0) is 5.60 Å². The fourth-order valence-electron chi connectivity index (χ4n) is 2.24. The Labute approximate surface area is 141 Å². The van der Waals surface area contributed by atoms with E-state index in [2.05, 4.69) is 10.6 Å². The average Bonchev–Trinajstić information content (AvgIpc) is 3.28. The first-order valence-electron chi connectivity index (χ1n) is 7.19. The van der Waals surface area contributed by atoms with Gasteiger partial charge in [0.15, 0.2) is 5.60 Å². The molecule has 24 heavy (non-hydrogen) atoms. The molecule has 0 spiro atoms. The number of benzene rings is 1. The van der Waals surface area contributed by atoms with Crippen molar-refractivity contribution in [1.29, 1.82) is 0 Å². The lowest BCUT2D eigenvalue weighted by atomic mass is 9.99. The van der Waals surface area contributed by atoms with E-state index in [-0.39, 0.29) is 12.4 Å². The summed E-state index contributed by atoms with van der Waals surface area (Å²) in [7, 11) is 0. The van der Waals surface area contributed by atoms with Crippen LogP contribution < -0.4 is 10.6 Å². The van der Waals surface area contributed by atoms with Crippen LogP contribution in [0.25, 0.3) is 0 Å². The van der Waals surface area contributed by atoms with Crippen LogP contribution in [0.4, 0.5) is 14.9 Å². The van der Waals surface area contributed by atoms with Crippen LogP contribution in [-0.4, -0.2) is 17.7 Å². The summed E-state index contributed by atoms with van der Waals surface area (Å²) >= 11 is 1.36. The van der Waals surface area contributed by atoms with Crippen LogP contribution in [0.5, 0.6) is 0 Å². The predicted octanol–water partition coefficient (Wildman–Crippen LogP) is 3.54. The number of amides is 2. The summed E-state index contributed by atoms with van der Waals surface area (Å²) in [4.78, 5) is 12.7. The molecule has 0 bridgehead atoms. The van der Waals surface area contributed by atoms with E-state index in [1.54, 1.807) is 18.2 Å². The van der Waals surface area contributed by atoms with E-state index in [1.165, 1.54) is 41.9 Å². The molecule has 5 nitrogen and oxygen atoms in total. The Morgan fingerprint density at radius 1 is 1.21 bits per heavy atom. The molecule has 0 aliphatic rings. The zero-order valence-electron chi connectivity index (χ0n) is 12.5. The van der Waals surface area contributed by atoms with Gasteiger partial charge >= 0.3 is 6.03 Å². The van der Waals surface area contributed by atoms with E-state index in [0.29, 0.717) is 16.3 Å². The number of thiophene rings is 1. The van der Waals surface area contributed by atoms with Crippen molar-refractivity contribution in [3.8, 4) is 0 Å². The van der Waals surface area contributed by atoms with E-state index in [4.69, 9.17) is 4.42 Å². The molecule has 2 aromatic heterocycles. The summed E-state index contributed by atoms with van der Waals surface area (Å²) in [5, 5.41) is 18.0. The van der Waals surface area contributed by atoms with Gasteiger partial charge in [0.2, 0.25) is 0 Å². The molecule has 0 saturated carbocycles. The quantitative estimate of drug-likeness (QED) is 0.661. The Bertz CT molecular complexity index is 752. The number of hydrogen-bond acceptors (Lipinski definition) is 4. The Hall–Kier alpha value is -2.64. The maximum absolute atomic E-state index is 12.9. The van der Waals surface area contributed by atoms with Crippen molar-refractivity contribution in [3.63, 3.8) is 0 Å². The molecule has 0 aliphatic carbocycles. The molecule has 1 aromatic carbocycles. The number of hydrogen-bond donors (Lipinski definition) is 3. The number of urea groups is 1. The summed E-state index contributed by atoms with van der Waals surface area (Å²) in [5.41, 5.74) is -1.01. The highest BCUT2D eigenvalue weighted by Gasteiger charge is 2.36. The van der Waals surface area contributed by atoms with Gasteiger partial charge in [-0.05, 0) is 47.8 Å². The largest absolute Gasteiger partial charge is 0.466 e. The zero-order chi connectivity index (χ0) is 17.0. The highest BCUT2D eigenvalue weighted by atomic mass is 32.1. The van der Waals surface area contributed by atoms with Crippen LogP contribution in [0.1, 0.15) is 10.6 Å². The van der Waals surface area contributed by atoms with Gasteiger partial charge < -0.3 is 20.2 Å². The van der Waals surface area contributed by atoms with Gasteiger partial charge in [0.25, 0.3) is 0 Å². The van der Waals surface area contributed by atoms with E-state index in [1.807, 2.05) is 11.4 Å². The van der Waals surface area contributed by atoms with Crippen molar-refractivity contribution < 1.29 is 18.7 Å². The molecule has 1 atom stereocenters. The minimum atomic E-state index is -1.46. The van der Waals surface area contributed by atoms with Crippen molar-refractivity contribution >= 4 is 23.1 Å². The van der Waals surface area contributed by atoms with E-state index < -0.39 is 11.6 Å². The van der Waals surface area contributed by atoms with Crippen molar-refractivity contribution in [3.05, 3.63) is 76.6 Å². The van der Waals surface area contributed by atoms with Crippen molar-refractivity contribution in [2.75, 3.05) is 11.9 Å². The molecule has 3 rings (SSSR count). The molecule has 3 aromatic rings. The summed E-state index contributed by atoms with van der Waals surface area (Å²) in [6.45, 7) is -0.0753. The molecule has 124 valence electrons. The van der Waals surface area contributed by atoms with Crippen LogP contribution in [0.2, 0.25) is 0 Å². The van der Waals surface area contributed by atoms with Crippen molar-refractivity contribution in [2.24, 2.45) is 0 Å². The molecule has 0 radical (unpaired) electrons. The molecular formula is C17H15FN2O3S. The molecule has 3 N–H and O–H groups in total. The Morgan fingerprint density at radius 2 is 2.00 bits per heavy atom. The smallest absolute Gasteiger partial charge is 0.319 e. The average molecular weight is 346 g/mol. The van der Waals surface area contributed by atoms with Crippen molar-refractivity contribution in [1.82, 2.24) is 5.32 Å². The van der Waals surface area contributed by atoms with E-state index in [0.717, 1.165) is 0 Å². The van der Waals surface area contributed by atoms with Gasteiger partial charge in [0.05, 0.1) is 12.8 Å². The summed E-state index contributed by atoms with van der Waals surface area (Å²) < 4.78 is 18.2. The molecule has 0 saturated heterocycles. The van der Waals surface area contributed by atoms with Crippen molar-refractivity contribution in [2.45, 2.75) is 5.60 Å². The lowest BCUT2D eigenvalue weighted by Crippen LogP contribution is -2.42. The summed E-state index contributed by atoms with van der Waals surface area (Å²) in [6, 6.07) is 11.8. The monoisotopic (exact) mass is 346 g/mol. The Balaban J connectivity index is 1.70. The maximum atomic E-state index is 12.9. The molecule has 7 heteroatoms. The number of rotatable bonds is 5. The van der Waals surface area contributed by atoms with Gasteiger partial charge in [-0.15, -0.1) is 11.3 Å².